The summed E-state index contributed by atoms with van der Waals surface area (Å²) in [6, 6.07) is 20.2. The number of hydrogen-bond acceptors (Lipinski definition) is 3. The van der Waals surface area contributed by atoms with Gasteiger partial charge in [-0.2, -0.15) is 0 Å². The van der Waals surface area contributed by atoms with Gasteiger partial charge in [0.25, 0.3) is 5.91 Å². The van der Waals surface area contributed by atoms with Crippen molar-refractivity contribution in [1.29, 1.82) is 0 Å². The first-order chi connectivity index (χ1) is 18.3. The Hall–Kier alpha value is -3.02. The molecule has 38 heavy (non-hydrogen) atoms. The van der Waals surface area contributed by atoms with Crippen molar-refractivity contribution in [3.63, 3.8) is 0 Å². The Labute approximate surface area is 235 Å². The molecule has 0 unspecified atom stereocenters. The van der Waals surface area contributed by atoms with Crippen LogP contribution in [0.1, 0.15) is 47.9 Å². The van der Waals surface area contributed by atoms with E-state index in [1.165, 1.54) is 0 Å². The number of hydrogen-bond donors (Lipinski definition) is 1. The molecule has 0 spiro atoms. The lowest BCUT2D eigenvalue weighted by Gasteiger charge is -2.32. The molecule has 4 rings (SSSR count). The molecule has 2 amide bonds. The van der Waals surface area contributed by atoms with Crippen LogP contribution < -0.4 is 10.1 Å². The normalized spacial score (nSPS) is 14.2. The molecule has 0 bridgehead atoms. The summed E-state index contributed by atoms with van der Waals surface area (Å²) < 4.78 is 5.93. The highest BCUT2D eigenvalue weighted by Crippen LogP contribution is 2.25. The monoisotopic (exact) mass is 552 g/mol. The van der Waals surface area contributed by atoms with Crippen LogP contribution in [0.4, 0.5) is 0 Å². The van der Waals surface area contributed by atoms with Crippen LogP contribution in [0.5, 0.6) is 5.75 Å². The Morgan fingerprint density at radius 1 is 0.974 bits per heavy atom. The molecule has 0 aromatic heterocycles. The SMILES string of the molecule is Cc1cc(C)cc(OCC(=O)N(Cc2ccc(Cl)cc2Cl)[C@@H](Cc2ccccc2)C(=O)NC2CCCC2)c1. The first kappa shape index (κ1) is 28.0. The molecule has 1 N–H and O–H groups in total. The number of nitrogens with zero attached hydrogens (tertiary/aromatic N) is 1. The van der Waals surface area contributed by atoms with E-state index in [1.54, 1.807) is 23.1 Å². The summed E-state index contributed by atoms with van der Waals surface area (Å²) in [4.78, 5) is 29.1. The Kier molecular flexibility index (Phi) is 9.70. The van der Waals surface area contributed by atoms with Gasteiger partial charge in [-0.15, -0.1) is 0 Å². The van der Waals surface area contributed by atoms with Crippen molar-refractivity contribution in [3.05, 3.63) is 99.0 Å². The van der Waals surface area contributed by atoms with Gasteiger partial charge in [-0.3, -0.25) is 9.59 Å². The van der Waals surface area contributed by atoms with Crippen molar-refractivity contribution in [3.8, 4) is 5.75 Å². The minimum absolute atomic E-state index is 0.128. The largest absolute Gasteiger partial charge is 0.484 e. The number of aryl methyl sites for hydroxylation is 2. The molecular formula is C31H34Cl2N2O3. The molecule has 0 heterocycles. The minimum Gasteiger partial charge on any atom is -0.484 e. The van der Waals surface area contributed by atoms with Gasteiger partial charge in [0.2, 0.25) is 5.91 Å². The van der Waals surface area contributed by atoms with Gasteiger partial charge < -0.3 is 15.0 Å². The summed E-state index contributed by atoms with van der Waals surface area (Å²) in [5, 5.41) is 4.16. The zero-order valence-corrected chi connectivity index (χ0v) is 23.4. The molecule has 1 aliphatic carbocycles. The molecule has 0 saturated heterocycles. The van der Waals surface area contributed by atoms with Crippen LogP contribution in [0.25, 0.3) is 0 Å². The number of benzene rings is 3. The molecule has 200 valence electrons. The third kappa shape index (κ3) is 7.75. The van der Waals surface area contributed by atoms with Gasteiger partial charge in [-0.05, 0) is 73.2 Å². The van der Waals surface area contributed by atoms with Gasteiger partial charge in [-0.25, -0.2) is 0 Å². The molecule has 1 fully saturated rings. The fourth-order valence-corrected chi connectivity index (χ4v) is 5.47. The standard InChI is InChI=1S/C31H34Cl2N2O3/c1-21-14-22(2)16-27(15-21)38-20-30(36)35(19-24-12-13-25(32)18-28(24)33)29(17-23-8-4-3-5-9-23)31(37)34-26-10-6-7-11-26/h3-5,8-9,12-16,18,26,29H,6-7,10-11,17,19-20H2,1-2H3,(H,34,37)/t29-/m0/s1. The summed E-state index contributed by atoms with van der Waals surface area (Å²) in [6.07, 6.45) is 4.48. The lowest BCUT2D eigenvalue weighted by atomic mass is 10.0. The lowest BCUT2D eigenvalue weighted by molar-refractivity contribution is -0.143. The van der Waals surface area contributed by atoms with Gasteiger partial charge in [0.15, 0.2) is 6.61 Å². The van der Waals surface area contributed by atoms with Gasteiger partial charge in [0.05, 0.1) is 0 Å². The third-order valence-corrected chi connectivity index (χ3v) is 7.47. The van der Waals surface area contributed by atoms with Crippen LogP contribution in [0.2, 0.25) is 10.0 Å². The predicted octanol–water partition coefficient (Wildman–Crippen LogP) is 6.69. The summed E-state index contributed by atoms with van der Waals surface area (Å²) in [7, 11) is 0. The van der Waals surface area contributed by atoms with Crippen molar-refractivity contribution in [2.24, 2.45) is 0 Å². The second-order valence-corrected chi connectivity index (χ2v) is 10.9. The topological polar surface area (TPSA) is 58.6 Å². The van der Waals surface area contributed by atoms with Gasteiger partial charge >= 0.3 is 0 Å². The van der Waals surface area contributed by atoms with E-state index >= 15 is 0 Å². The number of halogens is 2. The first-order valence-corrected chi connectivity index (χ1v) is 13.8. The highest BCUT2D eigenvalue weighted by molar-refractivity contribution is 6.35. The fourth-order valence-electron chi connectivity index (χ4n) is 5.00. The lowest BCUT2D eigenvalue weighted by Crippen LogP contribution is -2.53. The van der Waals surface area contributed by atoms with Crippen molar-refractivity contribution in [2.45, 2.75) is 64.6 Å². The molecule has 7 heteroatoms. The molecule has 5 nitrogen and oxygen atoms in total. The van der Waals surface area contributed by atoms with E-state index in [0.29, 0.717) is 27.8 Å². The molecule has 0 radical (unpaired) electrons. The number of rotatable bonds is 10. The van der Waals surface area contributed by atoms with Crippen molar-refractivity contribution in [2.75, 3.05) is 6.61 Å². The van der Waals surface area contributed by atoms with E-state index in [2.05, 4.69) is 5.32 Å². The maximum absolute atomic E-state index is 13.8. The van der Waals surface area contributed by atoms with Crippen molar-refractivity contribution < 1.29 is 14.3 Å². The van der Waals surface area contributed by atoms with Crippen LogP contribution in [0.3, 0.4) is 0 Å². The highest BCUT2D eigenvalue weighted by Gasteiger charge is 2.32. The molecule has 3 aromatic carbocycles. The molecule has 1 aliphatic rings. The number of amides is 2. The van der Waals surface area contributed by atoms with E-state index in [1.807, 2.05) is 62.4 Å². The molecule has 0 aliphatic heterocycles. The Bertz CT molecular complexity index is 1240. The summed E-state index contributed by atoms with van der Waals surface area (Å²) in [5.74, 6) is 0.165. The number of nitrogens with one attached hydrogen (secondary N) is 1. The first-order valence-electron chi connectivity index (χ1n) is 13.1. The second kappa shape index (κ2) is 13.2. The summed E-state index contributed by atoms with van der Waals surface area (Å²) in [6.45, 7) is 3.93. The Morgan fingerprint density at radius 3 is 2.32 bits per heavy atom. The quantitative estimate of drug-likeness (QED) is 0.305. The second-order valence-electron chi connectivity index (χ2n) is 10.1. The average molecular weight is 554 g/mol. The predicted molar refractivity (Wildman–Crippen MR) is 153 cm³/mol. The summed E-state index contributed by atoms with van der Waals surface area (Å²) >= 11 is 12.6. The van der Waals surface area contributed by atoms with E-state index in [4.69, 9.17) is 27.9 Å². The zero-order chi connectivity index (χ0) is 27.1. The third-order valence-electron chi connectivity index (χ3n) is 6.89. The van der Waals surface area contributed by atoms with E-state index in [9.17, 15) is 9.59 Å². The number of carbonyl (C=O) groups is 2. The van der Waals surface area contributed by atoms with Crippen LogP contribution in [0.15, 0.2) is 66.7 Å². The average Bonchev–Trinajstić information content (AvgIpc) is 3.39. The van der Waals surface area contributed by atoms with Gasteiger partial charge in [-0.1, -0.05) is 78.5 Å². The number of carbonyl (C=O) groups excluding carboxylic acids is 2. The van der Waals surface area contributed by atoms with E-state index < -0.39 is 6.04 Å². The van der Waals surface area contributed by atoms with E-state index in [-0.39, 0.29) is 31.0 Å². The minimum atomic E-state index is -0.736. The van der Waals surface area contributed by atoms with Crippen LogP contribution in [0, 0.1) is 13.8 Å². The Morgan fingerprint density at radius 2 is 1.66 bits per heavy atom. The summed E-state index contributed by atoms with van der Waals surface area (Å²) in [5.41, 5.74) is 3.78. The maximum atomic E-state index is 13.8. The maximum Gasteiger partial charge on any atom is 0.261 e. The highest BCUT2D eigenvalue weighted by atomic mass is 35.5. The van der Waals surface area contributed by atoms with Gasteiger partial charge in [0.1, 0.15) is 11.8 Å². The van der Waals surface area contributed by atoms with Crippen molar-refractivity contribution in [1.82, 2.24) is 10.2 Å². The Balaban J connectivity index is 1.64. The molecule has 1 atom stereocenters. The van der Waals surface area contributed by atoms with Gasteiger partial charge in [0, 0.05) is 29.1 Å². The van der Waals surface area contributed by atoms with Crippen molar-refractivity contribution >= 4 is 35.0 Å². The molecule has 3 aromatic rings. The molecule has 1 saturated carbocycles. The zero-order valence-electron chi connectivity index (χ0n) is 21.9. The number of ether oxygens (including phenoxy) is 1. The smallest absolute Gasteiger partial charge is 0.261 e. The molecular weight excluding hydrogens is 519 g/mol. The van der Waals surface area contributed by atoms with Crippen LogP contribution in [-0.2, 0) is 22.6 Å². The fraction of sp³-hybridized carbons (Fsp3) is 0.355. The van der Waals surface area contributed by atoms with Crippen LogP contribution >= 0.6 is 23.2 Å². The van der Waals surface area contributed by atoms with Crippen LogP contribution in [-0.4, -0.2) is 35.4 Å². The van der Waals surface area contributed by atoms with E-state index in [0.717, 1.165) is 42.4 Å².